The highest BCUT2D eigenvalue weighted by Crippen LogP contribution is 2.65. The normalized spacial score (nSPS) is 42.0. The van der Waals surface area contributed by atoms with Gasteiger partial charge < -0.3 is 0 Å². The second-order valence-electron chi connectivity index (χ2n) is 2.59. The van der Waals surface area contributed by atoms with Crippen molar-refractivity contribution in [2.45, 2.75) is 24.6 Å². The molecule has 1 unspecified atom stereocenters. The summed E-state index contributed by atoms with van der Waals surface area (Å²) < 4.78 is -0.457. The zero-order valence-electron chi connectivity index (χ0n) is 5.04. The molecule has 1 rings (SSSR count). The van der Waals surface area contributed by atoms with Crippen LogP contribution in [0.3, 0.4) is 0 Å². The van der Waals surface area contributed by atoms with Gasteiger partial charge in [-0.05, 0) is 12.8 Å². The van der Waals surface area contributed by atoms with E-state index in [1.807, 2.05) is 6.92 Å². The Kier molecular flexibility index (Phi) is 1.29. The van der Waals surface area contributed by atoms with Gasteiger partial charge in [0.2, 0.25) is 0 Å². The molecule has 8 heavy (non-hydrogen) atoms. The van der Waals surface area contributed by atoms with Crippen LogP contribution in [0.4, 0.5) is 0 Å². The maximum absolute atomic E-state index is 5.78. The highest BCUT2D eigenvalue weighted by molar-refractivity contribution is 6.51. The van der Waals surface area contributed by atoms with Crippen molar-refractivity contribution in [1.29, 1.82) is 0 Å². The molecule has 0 aromatic rings. The summed E-state index contributed by atoms with van der Waals surface area (Å²) in [5.41, 5.74) is 0.0934. The molecule has 0 aromatic carbocycles. The minimum Gasteiger partial charge on any atom is -0.101 e. The van der Waals surface area contributed by atoms with E-state index in [9.17, 15) is 0 Å². The quantitative estimate of drug-likeness (QED) is 0.506. The van der Waals surface area contributed by atoms with Crippen molar-refractivity contribution in [2.75, 3.05) is 0 Å². The van der Waals surface area contributed by atoms with Gasteiger partial charge in [0, 0.05) is 5.41 Å². The van der Waals surface area contributed by atoms with E-state index < -0.39 is 4.33 Å². The van der Waals surface area contributed by atoms with E-state index in [4.69, 9.17) is 23.2 Å². The van der Waals surface area contributed by atoms with E-state index in [0.717, 1.165) is 6.42 Å². The zero-order chi connectivity index (χ0) is 6.41. The van der Waals surface area contributed by atoms with Gasteiger partial charge in [0.1, 0.15) is 4.33 Å². The summed E-state index contributed by atoms with van der Waals surface area (Å²) in [4.78, 5) is 0. The molecule has 1 aliphatic rings. The SMILES string of the molecule is C[CH]C1(C)CC1(Cl)Cl. The Morgan fingerprint density at radius 2 is 1.88 bits per heavy atom. The predicted octanol–water partition coefficient (Wildman–Crippen LogP) is 2.79. The van der Waals surface area contributed by atoms with Crippen molar-refractivity contribution in [1.82, 2.24) is 0 Å². The van der Waals surface area contributed by atoms with Gasteiger partial charge in [0.25, 0.3) is 0 Å². The van der Waals surface area contributed by atoms with Crippen molar-refractivity contribution >= 4 is 23.2 Å². The molecule has 0 N–H and O–H groups in total. The maximum Gasteiger partial charge on any atom is 0.124 e. The van der Waals surface area contributed by atoms with Crippen molar-refractivity contribution in [3.8, 4) is 0 Å². The van der Waals surface area contributed by atoms with E-state index in [2.05, 4.69) is 13.3 Å². The number of hydrogen-bond donors (Lipinski definition) is 0. The molecular weight excluding hydrogens is 143 g/mol. The van der Waals surface area contributed by atoms with Crippen LogP contribution in [0.25, 0.3) is 0 Å². The topological polar surface area (TPSA) is 0 Å². The zero-order valence-corrected chi connectivity index (χ0v) is 6.55. The van der Waals surface area contributed by atoms with E-state index in [0.29, 0.717) is 0 Å². The summed E-state index contributed by atoms with van der Waals surface area (Å²) in [6.45, 7) is 4.06. The molecule has 1 radical (unpaired) electrons. The minimum atomic E-state index is -0.457. The van der Waals surface area contributed by atoms with Crippen LogP contribution in [0, 0.1) is 11.8 Å². The molecule has 47 valence electrons. The molecule has 0 nitrogen and oxygen atoms in total. The first-order valence-electron chi connectivity index (χ1n) is 2.70. The molecule has 1 fully saturated rings. The van der Waals surface area contributed by atoms with Crippen LogP contribution in [0.15, 0.2) is 0 Å². The highest BCUT2D eigenvalue weighted by Gasteiger charge is 2.61. The molecule has 1 atom stereocenters. The summed E-state index contributed by atoms with van der Waals surface area (Å²) in [6, 6.07) is 0. The second-order valence-corrected chi connectivity index (χ2v) is 4.07. The number of halogens is 2. The van der Waals surface area contributed by atoms with E-state index in [-0.39, 0.29) is 5.41 Å². The van der Waals surface area contributed by atoms with Gasteiger partial charge in [-0.3, -0.25) is 0 Å². The van der Waals surface area contributed by atoms with Gasteiger partial charge in [-0.2, -0.15) is 0 Å². The Morgan fingerprint density at radius 3 is 1.88 bits per heavy atom. The molecule has 0 heterocycles. The van der Waals surface area contributed by atoms with Crippen LogP contribution in [0.5, 0.6) is 0 Å². The lowest BCUT2D eigenvalue weighted by Gasteiger charge is -2.05. The number of alkyl halides is 2. The second kappa shape index (κ2) is 1.54. The van der Waals surface area contributed by atoms with Crippen LogP contribution in [0.1, 0.15) is 20.3 Å². The molecule has 0 amide bonds. The van der Waals surface area contributed by atoms with Crippen molar-refractivity contribution in [3.63, 3.8) is 0 Å². The monoisotopic (exact) mass is 151 g/mol. The molecule has 1 saturated carbocycles. The maximum atomic E-state index is 5.78. The first-order chi connectivity index (χ1) is 3.52. The molecule has 2 heteroatoms. The smallest absolute Gasteiger partial charge is 0.101 e. The van der Waals surface area contributed by atoms with Crippen LogP contribution in [0.2, 0.25) is 0 Å². The van der Waals surface area contributed by atoms with E-state index in [1.165, 1.54) is 0 Å². The van der Waals surface area contributed by atoms with Gasteiger partial charge >= 0.3 is 0 Å². The van der Waals surface area contributed by atoms with Crippen molar-refractivity contribution < 1.29 is 0 Å². The fraction of sp³-hybridized carbons (Fsp3) is 0.833. The molecule has 0 aromatic heterocycles. The minimum absolute atomic E-state index is 0.0934. The molecule has 0 saturated heterocycles. The van der Waals surface area contributed by atoms with E-state index in [1.54, 1.807) is 0 Å². The van der Waals surface area contributed by atoms with E-state index >= 15 is 0 Å². The molecular formula is C6H9Cl2. The van der Waals surface area contributed by atoms with Crippen LogP contribution in [-0.4, -0.2) is 4.33 Å². The summed E-state index contributed by atoms with van der Waals surface area (Å²) in [7, 11) is 0. The van der Waals surface area contributed by atoms with Gasteiger partial charge in [0.15, 0.2) is 0 Å². The molecule has 1 aliphatic carbocycles. The average Bonchev–Trinajstić information content (AvgIpc) is 2.10. The summed E-state index contributed by atoms with van der Waals surface area (Å²) in [5.74, 6) is 0. The number of rotatable bonds is 1. The average molecular weight is 152 g/mol. The fourth-order valence-electron chi connectivity index (χ4n) is 0.730. The lowest BCUT2D eigenvalue weighted by molar-refractivity contribution is 0.669. The third-order valence-electron chi connectivity index (χ3n) is 1.94. The van der Waals surface area contributed by atoms with Gasteiger partial charge in [-0.1, -0.05) is 13.8 Å². The van der Waals surface area contributed by atoms with Crippen LogP contribution >= 0.6 is 23.2 Å². The van der Waals surface area contributed by atoms with Crippen LogP contribution in [-0.2, 0) is 0 Å². The first kappa shape index (κ1) is 6.70. The highest BCUT2D eigenvalue weighted by atomic mass is 35.5. The van der Waals surface area contributed by atoms with Gasteiger partial charge in [-0.25, -0.2) is 0 Å². The van der Waals surface area contributed by atoms with Gasteiger partial charge in [0.05, 0.1) is 0 Å². The van der Waals surface area contributed by atoms with Crippen molar-refractivity contribution in [2.24, 2.45) is 5.41 Å². The van der Waals surface area contributed by atoms with Crippen molar-refractivity contribution in [3.05, 3.63) is 6.42 Å². The van der Waals surface area contributed by atoms with Crippen LogP contribution < -0.4 is 0 Å². The standard InChI is InChI=1S/C6H9Cl2/c1-3-5(2)4-6(5,7)8/h3H,4H2,1-2H3. The first-order valence-corrected chi connectivity index (χ1v) is 3.46. The Labute approximate surface area is 60.2 Å². The summed E-state index contributed by atoms with van der Waals surface area (Å²) in [5, 5.41) is 0. The van der Waals surface area contributed by atoms with Gasteiger partial charge in [-0.15, -0.1) is 23.2 Å². The Morgan fingerprint density at radius 1 is 1.50 bits per heavy atom. The third kappa shape index (κ3) is 0.745. The lowest BCUT2D eigenvalue weighted by atomic mass is 10.1. The molecule has 0 bridgehead atoms. The number of hydrogen-bond acceptors (Lipinski definition) is 0. The molecule has 0 aliphatic heterocycles. The fourth-order valence-corrected chi connectivity index (χ4v) is 1.50. The Hall–Kier alpha value is 0.580. The summed E-state index contributed by atoms with van der Waals surface area (Å²) >= 11 is 11.6. The third-order valence-corrected chi connectivity index (χ3v) is 3.07. The summed E-state index contributed by atoms with van der Waals surface area (Å²) in [6.07, 6.45) is 2.96. The Bertz CT molecular complexity index is 109. The molecule has 0 spiro atoms. The predicted molar refractivity (Wildman–Crippen MR) is 37.1 cm³/mol. The largest absolute Gasteiger partial charge is 0.124 e. The Balaban J connectivity index is 2.55. The lowest BCUT2D eigenvalue weighted by Crippen LogP contribution is -2.01.